The number of ether oxygens (including phenoxy) is 3. The molecule has 0 N–H and O–H groups in total. The summed E-state index contributed by atoms with van der Waals surface area (Å²) in [6.45, 7) is 5.57. The maximum absolute atomic E-state index is 6.05. The summed E-state index contributed by atoms with van der Waals surface area (Å²) in [5.41, 5.74) is 1.92. The predicted octanol–water partition coefficient (Wildman–Crippen LogP) is 2.89. The van der Waals surface area contributed by atoms with Gasteiger partial charge in [0, 0.05) is 5.02 Å². The van der Waals surface area contributed by atoms with Crippen molar-refractivity contribution in [3.05, 3.63) is 34.3 Å². The second kappa shape index (κ2) is 4.20. The molecular weight excluding hydrogens is 252 g/mol. The van der Waals surface area contributed by atoms with Crippen LogP contribution in [0.3, 0.4) is 0 Å². The lowest BCUT2D eigenvalue weighted by Gasteiger charge is -2.46. The summed E-state index contributed by atoms with van der Waals surface area (Å²) in [7, 11) is 0. The monoisotopic (exact) mass is 268 g/mol. The lowest BCUT2D eigenvalue weighted by atomic mass is 9.86. The van der Waals surface area contributed by atoms with Crippen molar-refractivity contribution < 1.29 is 14.2 Å². The minimum absolute atomic E-state index is 0.465. The molecule has 0 aromatic heterocycles. The molecule has 2 heterocycles. The number of hydrogen-bond donors (Lipinski definition) is 0. The van der Waals surface area contributed by atoms with Gasteiger partial charge >= 0.3 is 0 Å². The highest BCUT2D eigenvalue weighted by Gasteiger charge is 2.45. The topological polar surface area (TPSA) is 27.7 Å². The van der Waals surface area contributed by atoms with Gasteiger partial charge in [0.2, 0.25) is 0 Å². The molecule has 0 atom stereocenters. The van der Waals surface area contributed by atoms with Crippen LogP contribution in [0.1, 0.15) is 25.0 Å². The largest absolute Gasteiger partial charge is 0.365 e. The molecule has 0 unspecified atom stereocenters. The first-order chi connectivity index (χ1) is 8.51. The average Bonchev–Trinajstić information content (AvgIpc) is 2.33. The molecule has 2 aliphatic rings. The number of benzene rings is 1. The second-order valence-electron chi connectivity index (χ2n) is 5.37. The molecule has 4 heteroatoms. The van der Waals surface area contributed by atoms with Crippen molar-refractivity contribution in [1.82, 2.24) is 0 Å². The van der Waals surface area contributed by atoms with Gasteiger partial charge in [-0.05, 0) is 43.5 Å². The van der Waals surface area contributed by atoms with Crippen molar-refractivity contribution in [2.75, 3.05) is 19.8 Å². The van der Waals surface area contributed by atoms with Crippen molar-refractivity contribution in [2.45, 2.75) is 31.7 Å². The highest BCUT2D eigenvalue weighted by Crippen LogP contribution is 2.39. The lowest BCUT2D eigenvalue weighted by Crippen LogP contribution is -2.52. The van der Waals surface area contributed by atoms with Gasteiger partial charge < -0.3 is 14.2 Å². The number of rotatable bonds is 0. The summed E-state index contributed by atoms with van der Waals surface area (Å²) >= 11 is 6.05. The van der Waals surface area contributed by atoms with Gasteiger partial charge in [0.1, 0.15) is 5.60 Å². The summed E-state index contributed by atoms with van der Waals surface area (Å²) in [6.07, 6.45) is 0.890. The first kappa shape index (κ1) is 12.4. The van der Waals surface area contributed by atoms with Crippen LogP contribution in [0.25, 0.3) is 0 Å². The van der Waals surface area contributed by atoms with Crippen molar-refractivity contribution in [2.24, 2.45) is 0 Å². The lowest BCUT2D eigenvalue weighted by molar-refractivity contribution is -0.316. The zero-order valence-corrected chi connectivity index (χ0v) is 11.4. The van der Waals surface area contributed by atoms with Crippen molar-refractivity contribution in [3.8, 4) is 0 Å². The van der Waals surface area contributed by atoms with Gasteiger partial charge in [-0.1, -0.05) is 17.7 Å². The number of fused-ring (bicyclic) bond motifs is 2. The van der Waals surface area contributed by atoms with Crippen molar-refractivity contribution in [3.63, 3.8) is 0 Å². The van der Waals surface area contributed by atoms with E-state index in [9.17, 15) is 0 Å². The molecule has 0 saturated carbocycles. The van der Waals surface area contributed by atoms with Gasteiger partial charge in [0.25, 0.3) is 0 Å². The van der Waals surface area contributed by atoms with Gasteiger partial charge in [0.15, 0.2) is 5.79 Å². The third-order valence-corrected chi connectivity index (χ3v) is 3.85. The van der Waals surface area contributed by atoms with E-state index in [-0.39, 0.29) is 0 Å². The van der Waals surface area contributed by atoms with Gasteiger partial charge in [-0.15, -0.1) is 0 Å². The number of hydrogen-bond acceptors (Lipinski definition) is 3. The minimum Gasteiger partial charge on any atom is -0.365 e. The van der Waals surface area contributed by atoms with Crippen molar-refractivity contribution in [1.29, 1.82) is 0 Å². The van der Waals surface area contributed by atoms with E-state index in [0.717, 1.165) is 17.0 Å². The SMILES string of the molecule is CC1(C)OCC2(CO1)OCCc1cc(Cl)ccc12. The Hall–Kier alpha value is -0.610. The van der Waals surface area contributed by atoms with Gasteiger partial charge in [-0.25, -0.2) is 0 Å². The Morgan fingerprint density at radius 3 is 2.56 bits per heavy atom. The quantitative estimate of drug-likeness (QED) is 0.724. The Balaban J connectivity index is 1.96. The van der Waals surface area contributed by atoms with E-state index in [2.05, 4.69) is 0 Å². The molecule has 18 heavy (non-hydrogen) atoms. The Morgan fingerprint density at radius 1 is 1.11 bits per heavy atom. The normalized spacial score (nSPS) is 24.8. The van der Waals surface area contributed by atoms with Gasteiger partial charge in [0.05, 0.1) is 19.8 Å². The maximum atomic E-state index is 6.05. The third-order valence-electron chi connectivity index (χ3n) is 3.61. The average molecular weight is 269 g/mol. The molecule has 1 spiro atoms. The van der Waals surface area contributed by atoms with Crippen LogP contribution < -0.4 is 0 Å². The van der Waals surface area contributed by atoms with Crippen LogP contribution in [0.5, 0.6) is 0 Å². The van der Waals surface area contributed by atoms with Crippen LogP contribution >= 0.6 is 11.6 Å². The molecule has 0 amide bonds. The highest BCUT2D eigenvalue weighted by atomic mass is 35.5. The predicted molar refractivity (Wildman–Crippen MR) is 68.8 cm³/mol. The van der Waals surface area contributed by atoms with E-state index >= 15 is 0 Å². The third kappa shape index (κ3) is 2.05. The highest BCUT2D eigenvalue weighted by molar-refractivity contribution is 6.30. The van der Waals surface area contributed by atoms with Crippen LogP contribution in [0.2, 0.25) is 5.02 Å². The maximum Gasteiger partial charge on any atom is 0.163 e. The minimum atomic E-state index is -0.529. The van der Waals surface area contributed by atoms with E-state index in [4.69, 9.17) is 25.8 Å². The molecule has 0 radical (unpaired) electrons. The summed E-state index contributed by atoms with van der Waals surface area (Å²) in [4.78, 5) is 0. The Kier molecular flexibility index (Phi) is 2.90. The van der Waals surface area contributed by atoms with Crippen LogP contribution in [-0.2, 0) is 26.2 Å². The fourth-order valence-corrected chi connectivity index (χ4v) is 2.75. The van der Waals surface area contributed by atoms with Crippen LogP contribution in [0, 0.1) is 0 Å². The van der Waals surface area contributed by atoms with E-state index in [1.807, 2.05) is 32.0 Å². The van der Waals surface area contributed by atoms with E-state index in [1.165, 1.54) is 5.56 Å². The molecular formula is C14H17ClO3. The number of halogens is 1. The zero-order valence-electron chi connectivity index (χ0n) is 10.7. The van der Waals surface area contributed by atoms with E-state index < -0.39 is 11.4 Å². The van der Waals surface area contributed by atoms with Gasteiger partial charge in [-0.3, -0.25) is 0 Å². The molecule has 0 bridgehead atoms. The summed E-state index contributed by atoms with van der Waals surface area (Å²) in [5, 5.41) is 0.767. The van der Waals surface area contributed by atoms with Gasteiger partial charge in [-0.2, -0.15) is 0 Å². The molecule has 2 aliphatic heterocycles. The molecule has 3 nitrogen and oxygen atoms in total. The Labute approximate surface area is 112 Å². The summed E-state index contributed by atoms with van der Waals surface area (Å²) in [5.74, 6) is -0.529. The molecule has 1 aromatic rings. The van der Waals surface area contributed by atoms with Crippen LogP contribution in [-0.4, -0.2) is 25.6 Å². The molecule has 3 rings (SSSR count). The van der Waals surface area contributed by atoms with E-state index in [1.54, 1.807) is 0 Å². The van der Waals surface area contributed by atoms with Crippen LogP contribution in [0.15, 0.2) is 18.2 Å². The second-order valence-corrected chi connectivity index (χ2v) is 5.81. The van der Waals surface area contributed by atoms with E-state index in [0.29, 0.717) is 19.8 Å². The Morgan fingerprint density at radius 2 is 1.83 bits per heavy atom. The first-order valence-corrected chi connectivity index (χ1v) is 6.59. The van der Waals surface area contributed by atoms with Crippen LogP contribution in [0.4, 0.5) is 0 Å². The summed E-state index contributed by atoms with van der Waals surface area (Å²) < 4.78 is 17.5. The molecule has 0 aliphatic carbocycles. The Bertz CT molecular complexity index is 460. The fourth-order valence-electron chi connectivity index (χ4n) is 2.55. The molecule has 1 aromatic carbocycles. The smallest absolute Gasteiger partial charge is 0.163 e. The fraction of sp³-hybridized carbons (Fsp3) is 0.571. The van der Waals surface area contributed by atoms with Crippen molar-refractivity contribution >= 4 is 11.6 Å². The molecule has 1 fully saturated rings. The molecule has 98 valence electrons. The zero-order chi connectivity index (χ0) is 12.8. The first-order valence-electron chi connectivity index (χ1n) is 6.22. The molecule has 1 saturated heterocycles. The summed E-state index contributed by atoms with van der Waals surface area (Å²) in [6, 6.07) is 5.94. The standard InChI is InChI=1S/C14H17ClO3/c1-13(2)17-8-14(9-18-13)12-4-3-11(15)7-10(12)5-6-16-14/h3-4,7H,5-6,8-9H2,1-2H3.